The molecule has 1 unspecified atom stereocenters. The second-order valence-electron chi connectivity index (χ2n) is 7.32. The van der Waals surface area contributed by atoms with Crippen LogP contribution in [0, 0.1) is 0 Å². The third-order valence-electron chi connectivity index (χ3n) is 5.23. The Morgan fingerprint density at radius 3 is 2.68 bits per heavy atom. The number of carbonyl (C=O) groups is 2. The van der Waals surface area contributed by atoms with Crippen molar-refractivity contribution in [1.82, 2.24) is 4.98 Å². The molecule has 0 fully saturated rings. The summed E-state index contributed by atoms with van der Waals surface area (Å²) < 4.78 is 10.7. The molecule has 31 heavy (non-hydrogen) atoms. The molecule has 2 heterocycles. The van der Waals surface area contributed by atoms with Gasteiger partial charge in [0.25, 0.3) is 5.91 Å². The van der Waals surface area contributed by atoms with Crippen molar-refractivity contribution in [2.75, 3.05) is 12.4 Å². The number of aryl methyl sites for hydroxylation is 2. The summed E-state index contributed by atoms with van der Waals surface area (Å²) >= 11 is 2.82. The highest BCUT2D eigenvalue weighted by Gasteiger charge is 2.25. The van der Waals surface area contributed by atoms with E-state index in [2.05, 4.69) is 10.3 Å². The Balaban J connectivity index is 1.39. The summed E-state index contributed by atoms with van der Waals surface area (Å²) in [5, 5.41) is 5.13. The first-order valence-electron chi connectivity index (χ1n) is 10.3. The molecule has 2 aromatic heterocycles. The third kappa shape index (κ3) is 4.97. The molecular weight excluding hydrogens is 432 g/mol. The SMILES string of the molecule is CCC(OC(=O)c1cc2c(s1)CCCC2)C(=O)Nc1nc(-c2ccc(OC)cc2)cs1. The highest BCUT2D eigenvalue weighted by atomic mass is 32.1. The lowest BCUT2D eigenvalue weighted by Gasteiger charge is -2.14. The van der Waals surface area contributed by atoms with E-state index in [1.165, 1.54) is 33.1 Å². The summed E-state index contributed by atoms with van der Waals surface area (Å²) in [6, 6.07) is 9.48. The van der Waals surface area contributed by atoms with Gasteiger partial charge >= 0.3 is 5.97 Å². The highest BCUT2D eigenvalue weighted by molar-refractivity contribution is 7.14. The molecule has 1 aromatic carbocycles. The number of aromatic nitrogens is 1. The summed E-state index contributed by atoms with van der Waals surface area (Å²) in [4.78, 5) is 31.6. The first-order chi connectivity index (χ1) is 15.1. The number of thiophene rings is 1. The maximum Gasteiger partial charge on any atom is 0.349 e. The van der Waals surface area contributed by atoms with Crippen LogP contribution < -0.4 is 10.1 Å². The van der Waals surface area contributed by atoms with Crippen LogP contribution in [0.15, 0.2) is 35.7 Å². The number of esters is 1. The van der Waals surface area contributed by atoms with Gasteiger partial charge in [-0.05, 0) is 68.0 Å². The van der Waals surface area contributed by atoms with Crippen LogP contribution in [0.5, 0.6) is 5.75 Å². The van der Waals surface area contributed by atoms with Gasteiger partial charge in [0.15, 0.2) is 11.2 Å². The molecule has 0 radical (unpaired) electrons. The maximum atomic E-state index is 12.7. The molecule has 4 rings (SSSR count). The molecule has 0 spiro atoms. The van der Waals surface area contributed by atoms with Gasteiger partial charge in [-0.2, -0.15) is 0 Å². The van der Waals surface area contributed by atoms with Gasteiger partial charge in [0, 0.05) is 15.8 Å². The van der Waals surface area contributed by atoms with Crippen molar-refractivity contribution < 1.29 is 19.1 Å². The standard InChI is InChI=1S/C23H24N2O4S2/c1-3-18(29-22(27)20-12-15-6-4-5-7-19(15)31-20)21(26)25-23-24-17(13-30-23)14-8-10-16(28-2)11-9-14/h8-13,18H,3-7H2,1-2H3,(H,24,25,26). The van der Waals surface area contributed by atoms with E-state index in [0.29, 0.717) is 16.4 Å². The molecular formula is C23H24N2O4S2. The molecule has 3 aromatic rings. The third-order valence-corrected chi connectivity index (χ3v) is 7.21. The average Bonchev–Trinajstić information content (AvgIpc) is 3.44. The van der Waals surface area contributed by atoms with Crippen LogP contribution in [-0.2, 0) is 22.4 Å². The number of hydrogen-bond acceptors (Lipinski definition) is 7. The lowest BCUT2D eigenvalue weighted by molar-refractivity contribution is -0.124. The number of fused-ring (bicyclic) bond motifs is 1. The van der Waals surface area contributed by atoms with Crippen molar-refractivity contribution in [3.05, 3.63) is 51.0 Å². The Bertz CT molecular complexity index is 1050. The first-order valence-corrected chi connectivity index (χ1v) is 12.0. The Labute approximate surface area is 189 Å². The monoisotopic (exact) mass is 456 g/mol. The minimum Gasteiger partial charge on any atom is -0.497 e. The minimum absolute atomic E-state index is 0.368. The van der Waals surface area contributed by atoms with Crippen LogP contribution in [0.4, 0.5) is 5.13 Å². The quantitative estimate of drug-likeness (QED) is 0.486. The van der Waals surface area contributed by atoms with Crippen molar-refractivity contribution in [3.63, 3.8) is 0 Å². The van der Waals surface area contributed by atoms with Crippen molar-refractivity contribution in [3.8, 4) is 17.0 Å². The van der Waals surface area contributed by atoms with E-state index in [1.54, 1.807) is 7.11 Å². The molecule has 162 valence electrons. The second-order valence-corrected chi connectivity index (χ2v) is 9.32. The Morgan fingerprint density at radius 2 is 1.97 bits per heavy atom. The summed E-state index contributed by atoms with van der Waals surface area (Å²) in [5.41, 5.74) is 2.93. The largest absolute Gasteiger partial charge is 0.497 e. The van der Waals surface area contributed by atoms with Crippen LogP contribution in [0.3, 0.4) is 0 Å². The number of hydrogen-bond donors (Lipinski definition) is 1. The topological polar surface area (TPSA) is 77.5 Å². The number of anilines is 1. The van der Waals surface area contributed by atoms with E-state index in [-0.39, 0.29) is 5.91 Å². The number of nitrogens with zero attached hydrogens (tertiary/aromatic N) is 1. The number of methoxy groups -OCH3 is 1. The second kappa shape index (κ2) is 9.62. The van der Waals surface area contributed by atoms with Gasteiger partial charge in [-0.1, -0.05) is 6.92 Å². The number of rotatable bonds is 7. The van der Waals surface area contributed by atoms with Gasteiger partial charge in [-0.25, -0.2) is 9.78 Å². The molecule has 1 N–H and O–H groups in total. The lowest BCUT2D eigenvalue weighted by Crippen LogP contribution is -2.31. The number of benzene rings is 1. The van der Waals surface area contributed by atoms with E-state index in [0.717, 1.165) is 42.7 Å². The van der Waals surface area contributed by atoms with E-state index < -0.39 is 12.1 Å². The first kappa shape index (κ1) is 21.5. The van der Waals surface area contributed by atoms with Crippen molar-refractivity contribution in [2.24, 2.45) is 0 Å². The molecule has 8 heteroatoms. The lowest BCUT2D eigenvalue weighted by atomic mass is 9.99. The Hall–Kier alpha value is -2.71. The fourth-order valence-corrected chi connectivity index (χ4v) is 5.37. The molecule has 1 atom stereocenters. The van der Waals surface area contributed by atoms with Gasteiger partial charge in [-0.15, -0.1) is 22.7 Å². The van der Waals surface area contributed by atoms with Gasteiger partial charge in [0.2, 0.25) is 0 Å². The number of thiazole rings is 1. The number of nitrogens with one attached hydrogen (secondary N) is 1. The van der Waals surface area contributed by atoms with E-state index in [1.807, 2.05) is 42.6 Å². The summed E-state index contributed by atoms with van der Waals surface area (Å²) in [5.74, 6) is -0.0287. The molecule has 0 bridgehead atoms. The van der Waals surface area contributed by atoms with Crippen LogP contribution in [0.25, 0.3) is 11.3 Å². The summed E-state index contributed by atoms with van der Waals surface area (Å²) in [6.45, 7) is 1.82. The molecule has 1 aliphatic carbocycles. The van der Waals surface area contributed by atoms with Crippen LogP contribution >= 0.6 is 22.7 Å². The van der Waals surface area contributed by atoms with Crippen LogP contribution in [-0.4, -0.2) is 30.1 Å². The fourth-order valence-electron chi connectivity index (χ4n) is 3.51. The zero-order chi connectivity index (χ0) is 21.8. The van der Waals surface area contributed by atoms with Crippen molar-refractivity contribution >= 4 is 39.7 Å². The maximum absolute atomic E-state index is 12.7. The molecule has 1 amide bonds. The molecule has 6 nitrogen and oxygen atoms in total. The molecule has 0 aliphatic heterocycles. The Kier molecular flexibility index (Phi) is 6.67. The number of ether oxygens (including phenoxy) is 2. The predicted molar refractivity (Wildman–Crippen MR) is 123 cm³/mol. The number of carbonyl (C=O) groups excluding carboxylic acids is 2. The molecule has 0 saturated carbocycles. The average molecular weight is 457 g/mol. The summed E-state index contributed by atoms with van der Waals surface area (Å²) in [7, 11) is 1.62. The van der Waals surface area contributed by atoms with Gasteiger partial charge in [0.05, 0.1) is 12.8 Å². The zero-order valence-corrected chi connectivity index (χ0v) is 19.1. The highest BCUT2D eigenvalue weighted by Crippen LogP contribution is 2.31. The fraction of sp³-hybridized carbons (Fsp3) is 0.348. The van der Waals surface area contributed by atoms with Crippen molar-refractivity contribution in [1.29, 1.82) is 0 Å². The van der Waals surface area contributed by atoms with E-state index in [9.17, 15) is 9.59 Å². The van der Waals surface area contributed by atoms with E-state index in [4.69, 9.17) is 9.47 Å². The van der Waals surface area contributed by atoms with Gasteiger partial charge in [-0.3, -0.25) is 10.1 Å². The van der Waals surface area contributed by atoms with Gasteiger partial charge in [0.1, 0.15) is 10.6 Å². The number of amides is 1. The summed E-state index contributed by atoms with van der Waals surface area (Å²) in [6.07, 6.45) is 3.88. The Morgan fingerprint density at radius 1 is 1.19 bits per heavy atom. The molecule has 0 saturated heterocycles. The van der Waals surface area contributed by atoms with Crippen LogP contribution in [0.1, 0.15) is 46.3 Å². The van der Waals surface area contributed by atoms with Crippen LogP contribution in [0.2, 0.25) is 0 Å². The van der Waals surface area contributed by atoms with Gasteiger partial charge < -0.3 is 9.47 Å². The normalized spacial score (nSPS) is 13.9. The zero-order valence-electron chi connectivity index (χ0n) is 17.5. The minimum atomic E-state index is -0.861. The van der Waals surface area contributed by atoms with Crippen molar-refractivity contribution in [2.45, 2.75) is 45.1 Å². The molecule has 1 aliphatic rings. The predicted octanol–water partition coefficient (Wildman–Crippen LogP) is 5.33. The van der Waals surface area contributed by atoms with E-state index >= 15 is 0 Å². The smallest absolute Gasteiger partial charge is 0.349 e.